The Kier molecular flexibility index (Phi) is 3.85. The molecule has 2 unspecified atom stereocenters. The Balaban J connectivity index is 1.92. The Morgan fingerprint density at radius 1 is 1.24 bits per heavy atom. The van der Waals surface area contributed by atoms with Crippen LogP contribution < -0.4 is 5.73 Å². The predicted octanol–water partition coefficient (Wildman–Crippen LogP) is 3.11. The molecule has 1 fully saturated rings. The minimum absolute atomic E-state index is 0.217. The van der Waals surface area contributed by atoms with Crippen LogP contribution in [0.4, 0.5) is 0 Å². The first kappa shape index (κ1) is 12.6. The molecular formula is C15H23NO. The molecule has 0 heterocycles. The molecule has 0 aromatic heterocycles. The zero-order valence-corrected chi connectivity index (χ0v) is 10.9. The molecule has 0 spiro atoms. The molecule has 2 nitrogen and oxygen atoms in total. The van der Waals surface area contributed by atoms with Crippen molar-refractivity contribution in [1.82, 2.24) is 0 Å². The average molecular weight is 233 g/mol. The van der Waals surface area contributed by atoms with E-state index in [1.807, 2.05) is 6.07 Å². The van der Waals surface area contributed by atoms with Crippen molar-refractivity contribution >= 4 is 0 Å². The van der Waals surface area contributed by atoms with Gasteiger partial charge in [0.15, 0.2) is 0 Å². The summed E-state index contributed by atoms with van der Waals surface area (Å²) in [5, 5.41) is 0. The maximum absolute atomic E-state index is 6.16. The van der Waals surface area contributed by atoms with E-state index < -0.39 is 0 Å². The van der Waals surface area contributed by atoms with Crippen LogP contribution in [0.2, 0.25) is 0 Å². The normalized spacial score (nSPS) is 26.5. The lowest BCUT2D eigenvalue weighted by molar-refractivity contribution is -0.137. The van der Waals surface area contributed by atoms with E-state index in [9.17, 15) is 0 Å². The molecule has 94 valence electrons. The molecule has 0 saturated heterocycles. The number of nitrogens with two attached hydrogens (primary N) is 1. The molecule has 0 amide bonds. The zero-order valence-electron chi connectivity index (χ0n) is 10.9. The third-order valence-corrected chi connectivity index (χ3v) is 4.46. The van der Waals surface area contributed by atoms with Crippen molar-refractivity contribution in [2.24, 2.45) is 11.1 Å². The topological polar surface area (TPSA) is 35.2 Å². The molecule has 0 bridgehead atoms. The van der Waals surface area contributed by atoms with Gasteiger partial charge in [0.1, 0.15) is 0 Å². The summed E-state index contributed by atoms with van der Waals surface area (Å²) in [6.07, 6.45) is 3.58. The Bertz CT molecular complexity index is 345. The van der Waals surface area contributed by atoms with Crippen LogP contribution in [0.3, 0.4) is 0 Å². The van der Waals surface area contributed by atoms with Gasteiger partial charge >= 0.3 is 0 Å². The molecular weight excluding hydrogens is 210 g/mol. The minimum atomic E-state index is 0.217. The van der Waals surface area contributed by atoms with E-state index in [2.05, 4.69) is 38.1 Å². The van der Waals surface area contributed by atoms with E-state index in [0.717, 1.165) is 19.3 Å². The third-order valence-electron chi connectivity index (χ3n) is 4.46. The highest BCUT2D eigenvalue weighted by Crippen LogP contribution is 2.47. The summed E-state index contributed by atoms with van der Waals surface area (Å²) in [7, 11) is 0. The fourth-order valence-electron chi connectivity index (χ4n) is 3.01. The molecule has 1 aliphatic carbocycles. The monoisotopic (exact) mass is 233 g/mol. The number of rotatable bonds is 5. The molecule has 0 radical (unpaired) electrons. The molecule has 1 aromatic carbocycles. The van der Waals surface area contributed by atoms with Gasteiger partial charge in [0, 0.05) is 11.5 Å². The van der Waals surface area contributed by atoms with Gasteiger partial charge in [0.25, 0.3) is 0 Å². The van der Waals surface area contributed by atoms with Crippen molar-refractivity contribution in [3.63, 3.8) is 0 Å². The first-order valence-electron chi connectivity index (χ1n) is 6.64. The summed E-state index contributed by atoms with van der Waals surface area (Å²) in [5.74, 6) is 0. The van der Waals surface area contributed by atoms with Crippen molar-refractivity contribution < 1.29 is 4.74 Å². The van der Waals surface area contributed by atoms with Crippen LogP contribution in [0.5, 0.6) is 0 Å². The molecule has 1 aromatic rings. The Hall–Kier alpha value is -0.860. The van der Waals surface area contributed by atoms with Crippen molar-refractivity contribution in [2.45, 2.75) is 51.9 Å². The van der Waals surface area contributed by atoms with Gasteiger partial charge in [-0.25, -0.2) is 0 Å². The molecule has 2 heteroatoms. The number of ether oxygens (including phenoxy) is 1. The Morgan fingerprint density at radius 3 is 2.41 bits per heavy atom. The average Bonchev–Trinajstić information content (AvgIpc) is 2.37. The minimum Gasteiger partial charge on any atom is -0.373 e. The lowest BCUT2D eigenvalue weighted by Gasteiger charge is -2.53. The maximum atomic E-state index is 6.16. The highest BCUT2D eigenvalue weighted by molar-refractivity contribution is 5.14. The molecule has 17 heavy (non-hydrogen) atoms. The molecule has 2 N–H and O–H groups in total. The van der Waals surface area contributed by atoms with Gasteiger partial charge in [-0.1, -0.05) is 44.2 Å². The van der Waals surface area contributed by atoms with Crippen molar-refractivity contribution in [3.05, 3.63) is 35.9 Å². The van der Waals surface area contributed by atoms with Crippen LogP contribution in [0.15, 0.2) is 30.3 Å². The smallest absolute Gasteiger partial charge is 0.0720 e. The molecule has 1 aliphatic rings. The molecule has 2 rings (SSSR count). The van der Waals surface area contributed by atoms with Gasteiger partial charge < -0.3 is 10.5 Å². The Morgan fingerprint density at radius 2 is 1.88 bits per heavy atom. The fourth-order valence-corrected chi connectivity index (χ4v) is 3.01. The maximum Gasteiger partial charge on any atom is 0.0720 e. The van der Waals surface area contributed by atoms with Crippen LogP contribution in [0, 0.1) is 5.41 Å². The van der Waals surface area contributed by atoms with E-state index >= 15 is 0 Å². The lowest BCUT2D eigenvalue weighted by Crippen LogP contribution is -2.61. The van der Waals surface area contributed by atoms with Crippen LogP contribution in [-0.4, -0.2) is 12.1 Å². The van der Waals surface area contributed by atoms with Crippen LogP contribution >= 0.6 is 0 Å². The standard InChI is InChI=1S/C15H23NO/c1-3-15(4-2)13(16)10-14(15)17-11-12-8-6-5-7-9-12/h5-9,13-14H,3-4,10-11,16H2,1-2H3. The van der Waals surface area contributed by atoms with Gasteiger partial charge in [-0.15, -0.1) is 0 Å². The largest absolute Gasteiger partial charge is 0.373 e. The SMILES string of the molecule is CCC1(CC)C(N)CC1OCc1ccccc1. The van der Waals surface area contributed by atoms with Gasteiger partial charge in [-0.05, 0) is 24.8 Å². The lowest BCUT2D eigenvalue weighted by atomic mass is 9.59. The van der Waals surface area contributed by atoms with E-state index in [-0.39, 0.29) is 5.41 Å². The fraction of sp³-hybridized carbons (Fsp3) is 0.600. The van der Waals surface area contributed by atoms with Gasteiger partial charge in [0.2, 0.25) is 0 Å². The second kappa shape index (κ2) is 5.19. The van der Waals surface area contributed by atoms with Crippen LogP contribution in [-0.2, 0) is 11.3 Å². The van der Waals surface area contributed by atoms with Crippen molar-refractivity contribution in [1.29, 1.82) is 0 Å². The van der Waals surface area contributed by atoms with Crippen LogP contribution in [0.1, 0.15) is 38.7 Å². The number of hydrogen-bond donors (Lipinski definition) is 1. The quantitative estimate of drug-likeness (QED) is 0.848. The summed E-state index contributed by atoms with van der Waals surface area (Å²) in [6, 6.07) is 10.7. The molecule has 2 atom stereocenters. The third kappa shape index (κ3) is 2.24. The highest BCUT2D eigenvalue weighted by Gasteiger charge is 2.51. The second-order valence-corrected chi connectivity index (χ2v) is 5.07. The van der Waals surface area contributed by atoms with Crippen molar-refractivity contribution in [2.75, 3.05) is 0 Å². The Labute approximate surface area is 104 Å². The van der Waals surface area contributed by atoms with Gasteiger partial charge in [-0.3, -0.25) is 0 Å². The van der Waals surface area contributed by atoms with Gasteiger partial charge in [-0.2, -0.15) is 0 Å². The summed E-state index contributed by atoms with van der Waals surface area (Å²) in [5.41, 5.74) is 7.62. The van der Waals surface area contributed by atoms with E-state index in [4.69, 9.17) is 10.5 Å². The first-order valence-corrected chi connectivity index (χ1v) is 6.64. The van der Waals surface area contributed by atoms with Gasteiger partial charge in [0.05, 0.1) is 12.7 Å². The van der Waals surface area contributed by atoms with Crippen molar-refractivity contribution in [3.8, 4) is 0 Å². The predicted molar refractivity (Wildman–Crippen MR) is 70.6 cm³/mol. The molecule has 0 aliphatic heterocycles. The summed E-state index contributed by atoms with van der Waals surface area (Å²) < 4.78 is 6.05. The van der Waals surface area contributed by atoms with E-state index in [1.54, 1.807) is 0 Å². The summed E-state index contributed by atoms with van der Waals surface area (Å²) in [4.78, 5) is 0. The second-order valence-electron chi connectivity index (χ2n) is 5.07. The zero-order chi connectivity index (χ0) is 12.3. The van der Waals surface area contributed by atoms with E-state index in [1.165, 1.54) is 5.56 Å². The first-order chi connectivity index (χ1) is 8.23. The highest BCUT2D eigenvalue weighted by atomic mass is 16.5. The van der Waals surface area contributed by atoms with E-state index in [0.29, 0.717) is 18.8 Å². The number of benzene rings is 1. The summed E-state index contributed by atoms with van der Waals surface area (Å²) >= 11 is 0. The summed E-state index contributed by atoms with van der Waals surface area (Å²) in [6.45, 7) is 5.16. The van der Waals surface area contributed by atoms with Crippen LogP contribution in [0.25, 0.3) is 0 Å². The molecule has 1 saturated carbocycles. The number of hydrogen-bond acceptors (Lipinski definition) is 2.